The van der Waals surface area contributed by atoms with Gasteiger partial charge in [0, 0.05) is 12.6 Å². The van der Waals surface area contributed by atoms with Crippen LogP contribution in [0.1, 0.15) is 56.7 Å². The van der Waals surface area contributed by atoms with Gasteiger partial charge in [-0.05, 0) is 56.1 Å². The molecule has 4 unspecified atom stereocenters. The van der Waals surface area contributed by atoms with Crippen molar-refractivity contribution in [1.82, 2.24) is 10.2 Å². The molecule has 2 N–H and O–H groups in total. The minimum atomic E-state index is -0.359. The second kappa shape index (κ2) is 6.91. The predicted molar refractivity (Wildman–Crippen MR) is 91.2 cm³/mol. The molecule has 1 heterocycles. The minimum absolute atomic E-state index is 0.0294. The van der Waals surface area contributed by atoms with Gasteiger partial charge in [0.15, 0.2) is 0 Å². The Morgan fingerprint density at radius 3 is 2.96 bits per heavy atom. The Kier molecular flexibility index (Phi) is 4.90. The molecule has 4 heteroatoms. The normalized spacial score (nSPS) is 28.3. The molecule has 2 amide bonds. The van der Waals surface area contributed by atoms with Crippen LogP contribution in [0.5, 0.6) is 0 Å². The van der Waals surface area contributed by atoms with Gasteiger partial charge in [0.25, 0.3) is 0 Å². The van der Waals surface area contributed by atoms with E-state index < -0.39 is 0 Å². The lowest BCUT2D eigenvalue weighted by molar-refractivity contribution is 0.135. The zero-order valence-corrected chi connectivity index (χ0v) is 14.2. The zero-order chi connectivity index (χ0) is 16.4. The molecule has 1 aromatic rings. The summed E-state index contributed by atoms with van der Waals surface area (Å²) in [6, 6.07) is 8.75. The second-order valence-electron chi connectivity index (χ2n) is 7.22. The van der Waals surface area contributed by atoms with Crippen LogP contribution >= 0.6 is 0 Å². The third-order valence-corrected chi connectivity index (χ3v) is 5.36. The number of rotatable bonds is 3. The number of nitrogens with one attached hydrogen (secondary N) is 1. The largest absolute Gasteiger partial charge is 0.393 e. The maximum absolute atomic E-state index is 12.8. The first-order chi connectivity index (χ1) is 11.1. The van der Waals surface area contributed by atoms with Gasteiger partial charge in [0.2, 0.25) is 0 Å². The van der Waals surface area contributed by atoms with Crippen molar-refractivity contribution >= 4 is 6.03 Å². The van der Waals surface area contributed by atoms with E-state index in [1.165, 1.54) is 11.1 Å². The number of nitrogens with zero attached hydrogens (tertiary/aromatic N) is 1. The van der Waals surface area contributed by atoms with Gasteiger partial charge in [-0.2, -0.15) is 0 Å². The van der Waals surface area contributed by atoms with Crippen molar-refractivity contribution in [1.29, 1.82) is 0 Å². The van der Waals surface area contributed by atoms with Gasteiger partial charge in [-0.25, -0.2) is 4.79 Å². The number of fused-ring (bicyclic) bond motifs is 1. The monoisotopic (exact) mass is 316 g/mol. The second-order valence-corrected chi connectivity index (χ2v) is 7.22. The topological polar surface area (TPSA) is 52.6 Å². The number of aliphatic hydroxyl groups excluding tert-OH is 1. The minimum Gasteiger partial charge on any atom is -0.393 e. The first kappa shape index (κ1) is 16.3. The van der Waals surface area contributed by atoms with E-state index in [0.717, 1.165) is 32.2 Å². The van der Waals surface area contributed by atoms with Crippen molar-refractivity contribution in [3.8, 4) is 0 Å². The summed E-state index contributed by atoms with van der Waals surface area (Å²) >= 11 is 0. The molecule has 23 heavy (non-hydrogen) atoms. The third kappa shape index (κ3) is 3.52. The van der Waals surface area contributed by atoms with E-state index in [1.54, 1.807) is 6.92 Å². The van der Waals surface area contributed by atoms with E-state index in [2.05, 4.69) is 36.5 Å². The summed E-state index contributed by atoms with van der Waals surface area (Å²) in [4.78, 5) is 14.7. The molecular formula is C19H28N2O2. The van der Waals surface area contributed by atoms with Crippen LogP contribution in [0.25, 0.3) is 0 Å². The van der Waals surface area contributed by atoms with Crippen LogP contribution in [0.4, 0.5) is 4.79 Å². The number of aryl methyl sites for hydroxylation is 1. The smallest absolute Gasteiger partial charge is 0.318 e. The molecule has 1 aliphatic carbocycles. The van der Waals surface area contributed by atoms with Crippen LogP contribution in [-0.2, 0) is 6.42 Å². The highest BCUT2D eigenvalue weighted by Crippen LogP contribution is 2.34. The van der Waals surface area contributed by atoms with Crippen molar-refractivity contribution in [2.45, 2.75) is 64.1 Å². The lowest BCUT2D eigenvalue weighted by Gasteiger charge is -2.34. The summed E-state index contributed by atoms with van der Waals surface area (Å²) in [6.07, 6.45) is 4.54. The SMILES string of the molecule is CC(O)CC1CCCN1C(=O)NC1c2ccccc2CCC1C. The first-order valence-electron chi connectivity index (χ1n) is 8.89. The van der Waals surface area contributed by atoms with E-state index >= 15 is 0 Å². The van der Waals surface area contributed by atoms with Gasteiger partial charge in [-0.3, -0.25) is 0 Å². The third-order valence-electron chi connectivity index (χ3n) is 5.36. The summed E-state index contributed by atoms with van der Waals surface area (Å²) in [6.45, 7) is 4.82. The molecule has 0 saturated carbocycles. The van der Waals surface area contributed by atoms with Crippen LogP contribution in [-0.4, -0.2) is 34.7 Å². The molecule has 0 radical (unpaired) electrons. The van der Waals surface area contributed by atoms with Crippen LogP contribution in [0.15, 0.2) is 24.3 Å². The number of benzene rings is 1. The fourth-order valence-corrected chi connectivity index (χ4v) is 4.10. The first-order valence-corrected chi connectivity index (χ1v) is 8.89. The number of amides is 2. The Morgan fingerprint density at radius 1 is 1.39 bits per heavy atom. The van der Waals surface area contributed by atoms with Crippen molar-refractivity contribution in [2.24, 2.45) is 5.92 Å². The maximum atomic E-state index is 12.8. The molecule has 4 atom stereocenters. The van der Waals surface area contributed by atoms with E-state index in [9.17, 15) is 9.90 Å². The number of hydrogen-bond acceptors (Lipinski definition) is 2. The van der Waals surface area contributed by atoms with Crippen molar-refractivity contribution in [3.63, 3.8) is 0 Å². The number of carbonyl (C=O) groups is 1. The molecule has 2 aliphatic rings. The molecular weight excluding hydrogens is 288 g/mol. The number of urea groups is 1. The van der Waals surface area contributed by atoms with Crippen LogP contribution in [0.3, 0.4) is 0 Å². The van der Waals surface area contributed by atoms with Crippen LogP contribution in [0.2, 0.25) is 0 Å². The highest BCUT2D eigenvalue weighted by molar-refractivity contribution is 5.75. The van der Waals surface area contributed by atoms with Gasteiger partial charge >= 0.3 is 6.03 Å². The fraction of sp³-hybridized carbons (Fsp3) is 0.632. The number of hydrogen-bond donors (Lipinski definition) is 2. The molecule has 1 fully saturated rings. The van der Waals surface area contributed by atoms with E-state index in [-0.39, 0.29) is 24.2 Å². The zero-order valence-electron chi connectivity index (χ0n) is 14.2. The van der Waals surface area contributed by atoms with E-state index in [1.807, 2.05) is 4.90 Å². The molecule has 0 bridgehead atoms. The quantitative estimate of drug-likeness (QED) is 0.899. The number of carbonyl (C=O) groups excluding carboxylic acids is 1. The summed E-state index contributed by atoms with van der Waals surface area (Å²) < 4.78 is 0. The van der Waals surface area contributed by atoms with Gasteiger partial charge in [0.1, 0.15) is 0 Å². The number of aliphatic hydroxyl groups is 1. The molecule has 0 aromatic heterocycles. The molecule has 4 nitrogen and oxygen atoms in total. The van der Waals surface area contributed by atoms with Gasteiger partial charge in [-0.1, -0.05) is 31.2 Å². The highest BCUT2D eigenvalue weighted by atomic mass is 16.3. The Balaban J connectivity index is 1.72. The average Bonchev–Trinajstić information content (AvgIpc) is 2.97. The van der Waals surface area contributed by atoms with Gasteiger partial charge in [-0.15, -0.1) is 0 Å². The van der Waals surface area contributed by atoms with Gasteiger partial charge in [0.05, 0.1) is 12.1 Å². The Labute approximate surface area is 138 Å². The Morgan fingerprint density at radius 2 is 2.17 bits per heavy atom. The van der Waals surface area contributed by atoms with E-state index in [0.29, 0.717) is 12.3 Å². The van der Waals surface area contributed by atoms with Crippen LogP contribution in [0, 0.1) is 5.92 Å². The summed E-state index contributed by atoms with van der Waals surface area (Å²) in [5.41, 5.74) is 2.63. The van der Waals surface area contributed by atoms with Crippen molar-refractivity contribution in [2.75, 3.05) is 6.54 Å². The molecule has 3 rings (SSSR count). The summed E-state index contributed by atoms with van der Waals surface area (Å²) in [5, 5.41) is 12.9. The van der Waals surface area contributed by atoms with Crippen molar-refractivity contribution in [3.05, 3.63) is 35.4 Å². The molecule has 1 aromatic carbocycles. The Bertz CT molecular complexity index is 558. The summed E-state index contributed by atoms with van der Waals surface area (Å²) in [5.74, 6) is 0.451. The molecule has 1 saturated heterocycles. The average molecular weight is 316 g/mol. The molecule has 1 aliphatic heterocycles. The Hall–Kier alpha value is -1.55. The fourth-order valence-electron chi connectivity index (χ4n) is 4.10. The predicted octanol–water partition coefficient (Wildman–Crippen LogP) is 3.25. The molecule has 0 spiro atoms. The molecule has 126 valence electrons. The lowest BCUT2D eigenvalue weighted by Crippen LogP contribution is -2.46. The van der Waals surface area contributed by atoms with Gasteiger partial charge < -0.3 is 15.3 Å². The van der Waals surface area contributed by atoms with Crippen LogP contribution < -0.4 is 5.32 Å². The standard InChI is InChI=1S/C19H28N2O2/c1-13-9-10-15-6-3-4-8-17(15)18(13)20-19(23)21-11-5-7-16(21)12-14(2)22/h3-4,6,8,13-14,16,18,22H,5,7,9-12H2,1-2H3,(H,20,23). The summed E-state index contributed by atoms with van der Waals surface area (Å²) in [7, 11) is 0. The number of likely N-dealkylation sites (tertiary alicyclic amines) is 1. The van der Waals surface area contributed by atoms with E-state index in [4.69, 9.17) is 0 Å². The van der Waals surface area contributed by atoms with Crippen molar-refractivity contribution < 1.29 is 9.90 Å². The highest BCUT2D eigenvalue weighted by Gasteiger charge is 2.33. The lowest BCUT2D eigenvalue weighted by atomic mass is 9.81. The maximum Gasteiger partial charge on any atom is 0.318 e.